The van der Waals surface area contributed by atoms with Crippen LogP contribution in [-0.2, 0) is 12.8 Å². The molecule has 1 aliphatic carbocycles. The molecule has 14 heavy (non-hydrogen) atoms. The smallest absolute Gasteiger partial charge is 0.0181 e. The second-order valence-corrected chi connectivity index (χ2v) is 4.18. The summed E-state index contributed by atoms with van der Waals surface area (Å²) in [4.78, 5) is 0. The standard InChI is InChI=1S/C14H14/c1-2-6-12-10-14-8-4-3-7-13(14)9-11(12)5-1/h1-2,5-6,9-10H,3-4,7-8H2. The minimum atomic E-state index is 1.28. The first-order valence-electron chi connectivity index (χ1n) is 5.44. The molecule has 0 saturated carbocycles. The molecule has 0 N–H and O–H groups in total. The fourth-order valence-corrected chi connectivity index (χ4v) is 2.43. The Labute approximate surface area is 84.6 Å². The lowest BCUT2D eigenvalue weighted by molar-refractivity contribution is 0.687. The van der Waals surface area contributed by atoms with Gasteiger partial charge in [0, 0.05) is 0 Å². The normalized spacial score (nSPS) is 15.4. The fourth-order valence-electron chi connectivity index (χ4n) is 2.43. The zero-order valence-corrected chi connectivity index (χ0v) is 8.29. The summed E-state index contributed by atoms with van der Waals surface area (Å²) in [7, 11) is 0. The summed E-state index contributed by atoms with van der Waals surface area (Å²) in [5, 5.41) is 2.79. The summed E-state index contributed by atoms with van der Waals surface area (Å²) < 4.78 is 0. The van der Waals surface area contributed by atoms with Crippen molar-refractivity contribution in [1.82, 2.24) is 0 Å². The van der Waals surface area contributed by atoms with Crippen molar-refractivity contribution in [2.75, 3.05) is 0 Å². The molecule has 0 saturated heterocycles. The average molecular weight is 182 g/mol. The molecule has 0 fully saturated rings. The van der Waals surface area contributed by atoms with Crippen molar-refractivity contribution in [2.45, 2.75) is 25.7 Å². The van der Waals surface area contributed by atoms with Crippen LogP contribution >= 0.6 is 0 Å². The molecule has 2 aromatic rings. The molecule has 0 heterocycles. The molecular formula is C14H14. The Hall–Kier alpha value is -1.30. The van der Waals surface area contributed by atoms with E-state index in [1.807, 2.05) is 0 Å². The topological polar surface area (TPSA) is 0 Å². The maximum absolute atomic E-state index is 2.38. The number of fused-ring (bicyclic) bond motifs is 2. The van der Waals surface area contributed by atoms with Gasteiger partial charge in [-0.15, -0.1) is 0 Å². The zero-order chi connectivity index (χ0) is 9.38. The third kappa shape index (κ3) is 1.22. The van der Waals surface area contributed by atoms with E-state index in [1.54, 1.807) is 11.1 Å². The maximum atomic E-state index is 2.38. The van der Waals surface area contributed by atoms with E-state index in [0.717, 1.165) is 0 Å². The Kier molecular flexibility index (Phi) is 1.80. The van der Waals surface area contributed by atoms with Gasteiger partial charge in [0.2, 0.25) is 0 Å². The molecule has 0 aromatic heterocycles. The second kappa shape index (κ2) is 3.13. The van der Waals surface area contributed by atoms with E-state index in [9.17, 15) is 0 Å². The molecule has 0 aliphatic heterocycles. The third-order valence-corrected chi connectivity index (χ3v) is 3.21. The summed E-state index contributed by atoms with van der Waals surface area (Å²) >= 11 is 0. The van der Waals surface area contributed by atoms with Crippen LogP contribution < -0.4 is 0 Å². The summed E-state index contributed by atoms with van der Waals surface area (Å²) in [5.41, 5.74) is 3.16. The fraction of sp³-hybridized carbons (Fsp3) is 0.286. The van der Waals surface area contributed by atoms with Crippen LogP contribution in [0.2, 0.25) is 0 Å². The molecule has 0 heteroatoms. The molecular weight excluding hydrogens is 168 g/mol. The monoisotopic (exact) mass is 182 g/mol. The molecule has 0 atom stereocenters. The van der Waals surface area contributed by atoms with Gasteiger partial charge < -0.3 is 0 Å². The first-order chi connectivity index (χ1) is 6.93. The summed E-state index contributed by atoms with van der Waals surface area (Å²) in [6.45, 7) is 0. The average Bonchev–Trinajstić information content (AvgIpc) is 2.26. The molecule has 70 valence electrons. The highest BCUT2D eigenvalue weighted by molar-refractivity contribution is 5.84. The first kappa shape index (κ1) is 8.05. The third-order valence-electron chi connectivity index (χ3n) is 3.21. The predicted octanol–water partition coefficient (Wildman–Crippen LogP) is 3.72. The lowest BCUT2D eigenvalue weighted by Gasteiger charge is -2.16. The summed E-state index contributed by atoms with van der Waals surface area (Å²) in [6, 6.07) is 13.4. The van der Waals surface area contributed by atoms with Crippen LogP contribution in [0.25, 0.3) is 10.8 Å². The Morgan fingerprint density at radius 2 is 1.21 bits per heavy atom. The molecule has 0 nitrogen and oxygen atoms in total. The van der Waals surface area contributed by atoms with Gasteiger partial charge in [-0.2, -0.15) is 0 Å². The molecule has 1 aliphatic rings. The van der Waals surface area contributed by atoms with Gasteiger partial charge in [-0.3, -0.25) is 0 Å². The lowest BCUT2D eigenvalue weighted by atomic mass is 9.89. The Bertz CT molecular complexity index is 424. The maximum Gasteiger partial charge on any atom is -0.0181 e. The van der Waals surface area contributed by atoms with E-state index in [4.69, 9.17) is 0 Å². The first-order valence-corrected chi connectivity index (χ1v) is 5.44. The minimum Gasteiger partial charge on any atom is -0.0616 e. The molecule has 0 spiro atoms. The number of benzene rings is 2. The molecule has 2 aromatic carbocycles. The van der Waals surface area contributed by atoms with Crippen molar-refractivity contribution in [3.63, 3.8) is 0 Å². The minimum absolute atomic E-state index is 1.28. The zero-order valence-electron chi connectivity index (χ0n) is 8.29. The van der Waals surface area contributed by atoms with Crippen molar-refractivity contribution in [3.05, 3.63) is 47.5 Å². The van der Waals surface area contributed by atoms with Crippen molar-refractivity contribution in [1.29, 1.82) is 0 Å². The summed E-state index contributed by atoms with van der Waals surface area (Å²) in [6.07, 6.45) is 5.29. The van der Waals surface area contributed by atoms with Crippen molar-refractivity contribution >= 4 is 10.8 Å². The van der Waals surface area contributed by atoms with Gasteiger partial charge in [-0.25, -0.2) is 0 Å². The van der Waals surface area contributed by atoms with Gasteiger partial charge in [0.15, 0.2) is 0 Å². The highest BCUT2D eigenvalue weighted by Crippen LogP contribution is 2.26. The van der Waals surface area contributed by atoms with Crippen LogP contribution in [0.15, 0.2) is 36.4 Å². The Morgan fingerprint density at radius 1 is 0.714 bits per heavy atom. The van der Waals surface area contributed by atoms with Gasteiger partial charge in [0.05, 0.1) is 0 Å². The van der Waals surface area contributed by atoms with Crippen LogP contribution in [0.4, 0.5) is 0 Å². The van der Waals surface area contributed by atoms with Gasteiger partial charge >= 0.3 is 0 Å². The van der Waals surface area contributed by atoms with E-state index in [0.29, 0.717) is 0 Å². The number of aryl methyl sites for hydroxylation is 2. The van der Waals surface area contributed by atoms with Gasteiger partial charge in [-0.1, -0.05) is 36.4 Å². The van der Waals surface area contributed by atoms with Crippen LogP contribution in [0.5, 0.6) is 0 Å². The molecule has 0 amide bonds. The quantitative estimate of drug-likeness (QED) is 0.582. The van der Waals surface area contributed by atoms with Crippen LogP contribution in [0, 0.1) is 0 Å². The highest BCUT2D eigenvalue weighted by Gasteiger charge is 2.09. The summed E-state index contributed by atoms with van der Waals surface area (Å²) in [5.74, 6) is 0. The van der Waals surface area contributed by atoms with E-state index >= 15 is 0 Å². The van der Waals surface area contributed by atoms with E-state index in [1.165, 1.54) is 36.5 Å². The van der Waals surface area contributed by atoms with Crippen LogP contribution in [0.3, 0.4) is 0 Å². The van der Waals surface area contributed by atoms with Gasteiger partial charge in [0.1, 0.15) is 0 Å². The van der Waals surface area contributed by atoms with Crippen LogP contribution in [0.1, 0.15) is 24.0 Å². The Morgan fingerprint density at radius 3 is 1.71 bits per heavy atom. The van der Waals surface area contributed by atoms with Gasteiger partial charge in [-0.05, 0) is 47.6 Å². The SMILES string of the molecule is c1ccc2cc3c(cc2c1)CCCC3. The van der Waals surface area contributed by atoms with Crippen LogP contribution in [-0.4, -0.2) is 0 Å². The highest BCUT2D eigenvalue weighted by atomic mass is 14.1. The molecule has 3 rings (SSSR count). The van der Waals surface area contributed by atoms with Crippen molar-refractivity contribution < 1.29 is 0 Å². The Balaban J connectivity index is 2.27. The lowest BCUT2D eigenvalue weighted by Crippen LogP contribution is -2.01. The largest absolute Gasteiger partial charge is 0.0616 e. The number of hydrogen-bond acceptors (Lipinski definition) is 0. The number of rotatable bonds is 0. The number of hydrogen-bond donors (Lipinski definition) is 0. The molecule has 0 radical (unpaired) electrons. The van der Waals surface area contributed by atoms with Crippen molar-refractivity contribution in [2.24, 2.45) is 0 Å². The van der Waals surface area contributed by atoms with E-state index in [2.05, 4.69) is 36.4 Å². The van der Waals surface area contributed by atoms with Gasteiger partial charge in [0.25, 0.3) is 0 Å². The predicted molar refractivity (Wildman–Crippen MR) is 60.6 cm³/mol. The van der Waals surface area contributed by atoms with Crippen molar-refractivity contribution in [3.8, 4) is 0 Å². The molecule has 0 unspecified atom stereocenters. The molecule has 0 bridgehead atoms. The second-order valence-electron chi connectivity index (χ2n) is 4.18. The van der Waals surface area contributed by atoms with E-state index < -0.39 is 0 Å². The van der Waals surface area contributed by atoms with E-state index in [-0.39, 0.29) is 0 Å².